The van der Waals surface area contributed by atoms with E-state index in [0.717, 1.165) is 5.56 Å². The van der Waals surface area contributed by atoms with Gasteiger partial charge in [0.05, 0.1) is 18.0 Å². The highest BCUT2D eigenvalue weighted by Gasteiger charge is 2.29. The zero-order chi connectivity index (χ0) is 21.9. The Hall–Kier alpha value is -3.22. The fraction of sp³-hybridized carbons (Fsp3) is 0.160. The molecule has 31 heavy (non-hydrogen) atoms. The van der Waals surface area contributed by atoms with Crippen LogP contribution < -0.4 is 0 Å². The Morgan fingerprint density at radius 3 is 2.03 bits per heavy atom. The van der Waals surface area contributed by atoms with Crippen molar-refractivity contribution >= 4 is 9.84 Å². The molecule has 0 fully saturated rings. The van der Waals surface area contributed by atoms with Crippen LogP contribution in [0.4, 0.5) is 0 Å². The molecule has 3 aromatic carbocycles. The molecular formula is C25H24N2O3S. The summed E-state index contributed by atoms with van der Waals surface area (Å²) in [6.07, 6.45) is 1.70. The Kier molecular flexibility index (Phi) is 5.76. The van der Waals surface area contributed by atoms with Crippen LogP contribution in [0.25, 0.3) is 11.3 Å². The van der Waals surface area contributed by atoms with E-state index in [1.165, 1.54) is 0 Å². The van der Waals surface area contributed by atoms with Crippen LogP contribution in [0.2, 0.25) is 0 Å². The first-order valence-corrected chi connectivity index (χ1v) is 11.7. The first kappa shape index (κ1) is 21.0. The van der Waals surface area contributed by atoms with E-state index in [4.69, 9.17) is 0 Å². The van der Waals surface area contributed by atoms with Gasteiger partial charge in [-0.3, -0.25) is 0 Å². The second kappa shape index (κ2) is 8.49. The van der Waals surface area contributed by atoms with Gasteiger partial charge in [0.25, 0.3) is 0 Å². The van der Waals surface area contributed by atoms with E-state index < -0.39 is 15.4 Å². The maximum atomic E-state index is 13.3. The van der Waals surface area contributed by atoms with Crippen molar-refractivity contribution in [2.24, 2.45) is 0 Å². The van der Waals surface area contributed by atoms with Crippen LogP contribution in [-0.2, 0) is 27.7 Å². The van der Waals surface area contributed by atoms with E-state index in [1.807, 2.05) is 78.9 Å². The van der Waals surface area contributed by atoms with E-state index in [-0.39, 0.29) is 17.5 Å². The third-order valence-electron chi connectivity index (χ3n) is 5.16. The molecule has 4 aromatic rings. The molecule has 0 amide bonds. The Labute approximate surface area is 182 Å². The summed E-state index contributed by atoms with van der Waals surface area (Å²) in [7, 11) is -3.74. The molecule has 1 unspecified atom stereocenters. The van der Waals surface area contributed by atoms with Gasteiger partial charge >= 0.3 is 0 Å². The van der Waals surface area contributed by atoms with Crippen LogP contribution in [0.5, 0.6) is 0 Å². The Balaban J connectivity index is 1.77. The van der Waals surface area contributed by atoms with E-state index in [2.05, 4.69) is 4.98 Å². The minimum absolute atomic E-state index is 0.0496. The van der Waals surface area contributed by atoms with Crippen LogP contribution in [0.1, 0.15) is 18.1 Å². The van der Waals surface area contributed by atoms with Gasteiger partial charge in [0.2, 0.25) is 15.0 Å². The lowest BCUT2D eigenvalue weighted by molar-refractivity contribution is 0.0357. The summed E-state index contributed by atoms with van der Waals surface area (Å²) in [5.74, 6) is -0.160. The summed E-state index contributed by atoms with van der Waals surface area (Å²) in [4.78, 5) is 4.49. The SMILES string of the molecule is CC(O)(Cn1cc(-c2ccccc2)nc1S(=O)(=O)Cc1ccccc1)c1ccccc1. The van der Waals surface area contributed by atoms with E-state index in [1.54, 1.807) is 29.8 Å². The molecule has 0 aliphatic carbocycles. The van der Waals surface area contributed by atoms with Crippen LogP contribution in [0.15, 0.2) is 102 Å². The molecule has 0 saturated carbocycles. The lowest BCUT2D eigenvalue weighted by Crippen LogP contribution is -2.29. The molecule has 1 N–H and O–H groups in total. The fourth-order valence-corrected chi connectivity index (χ4v) is 5.06. The summed E-state index contributed by atoms with van der Waals surface area (Å²) in [5, 5.41) is 11.1. The van der Waals surface area contributed by atoms with Crippen LogP contribution in [0, 0.1) is 0 Å². The predicted octanol–water partition coefficient (Wildman–Crippen LogP) is 4.43. The van der Waals surface area contributed by atoms with Crippen molar-refractivity contribution < 1.29 is 13.5 Å². The number of benzene rings is 3. The lowest BCUT2D eigenvalue weighted by atomic mass is 9.96. The smallest absolute Gasteiger partial charge is 0.228 e. The van der Waals surface area contributed by atoms with E-state index >= 15 is 0 Å². The van der Waals surface area contributed by atoms with Crippen LogP contribution in [-0.4, -0.2) is 23.1 Å². The summed E-state index contributed by atoms with van der Waals surface area (Å²) < 4.78 is 28.2. The zero-order valence-corrected chi connectivity index (χ0v) is 18.0. The molecular weight excluding hydrogens is 408 g/mol. The van der Waals surface area contributed by atoms with Crippen molar-refractivity contribution in [3.63, 3.8) is 0 Å². The molecule has 0 spiro atoms. The first-order valence-electron chi connectivity index (χ1n) is 10.0. The van der Waals surface area contributed by atoms with E-state index in [9.17, 15) is 13.5 Å². The van der Waals surface area contributed by atoms with Gasteiger partial charge in [-0.15, -0.1) is 0 Å². The quantitative estimate of drug-likeness (QED) is 0.469. The Morgan fingerprint density at radius 2 is 1.42 bits per heavy atom. The molecule has 6 heteroatoms. The first-order chi connectivity index (χ1) is 14.9. The normalized spacial score (nSPS) is 13.6. The van der Waals surface area contributed by atoms with Gasteiger partial charge in [0.15, 0.2) is 0 Å². The Morgan fingerprint density at radius 1 is 0.871 bits per heavy atom. The summed E-state index contributed by atoms with van der Waals surface area (Å²) in [6, 6.07) is 27.7. The number of sulfone groups is 1. The summed E-state index contributed by atoms with van der Waals surface area (Å²) in [5.41, 5.74) is 1.49. The van der Waals surface area contributed by atoms with Gasteiger partial charge in [-0.25, -0.2) is 13.4 Å². The van der Waals surface area contributed by atoms with Crippen molar-refractivity contribution in [2.45, 2.75) is 30.0 Å². The van der Waals surface area contributed by atoms with Crippen molar-refractivity contribution in [1.29, 1.82) is 0 Å². The molecule has 4 rings (SSSR count). The second-order valence-electron chi connectivity index (χ2n) is 7.79. The average molecular weight is 433 g/mol. The van der Waals surface area contributed by atoms with Gasteiger partial charge in [-0.1, -0.05) is 91.0 Å². The standard InChI is InChI=1S/C25H24N2O3S/c1-25(28,22-15-9-4-10-16-22)19-27-17-23(21-13-7-3-8-14-21)26-24(27)31(29,30)18-20-11-5-2-6-12-20/h2-17,28H,18-19H2,1H3. The third kappa shape index (κ3) is 4.76. The van der Waals surface area contributed by atoms with Crippen LogP contribution >= 0.6 is 0 Å². The number of nitrogens with zero attached hydrogens (tertiary/aromatic N) is 2. The molecule has 1 heterocycles. The molecule has 0 radical (unpaired) electrons. The molecule has 1 atom stereocenters. The number of aliphatic hydroxyl groups is 1. The molecule has 0 saturated heterocycles. The minimum atomic E-state index is -3.74. The minimum Gasteiger partial charge on any atom is -0.384 e. The van der Waals surface area contributed by atoms with Gasteiger partial charge < -0.3 is 9.67 Å². The van der Waals surface area contributed by atoms with Crippen molar-refractivity contribution in [1.82, 2.24) is 9.55 Å². The fourth-order valence-electron chi connectivity index (χ4n) is 3.59. The van der Waals surface area contributed by atoms with Gasteiger partial charge in [-0.2, -0.15) is 0 Å². The molecule has 0 bridgehead atoms. The van der Waals surface area contributed by atoms with Gasteiger partial charge in [-0.05, 0) is 18.1 Å². The summed E-state index contributed by atoms with van der Waals surface area (Å²) >= 11 is 0. The van der Waals surface area contributed by atoms with Crippen LogP contribution in [0.3, 0.4) is 0 Å². The molecule has 5 nitrogen and oxygen atoms in total. The van der Waals surface area contributed by atoms with E-state index in [0.29, 0.717) is 16.8 Å². The average Bonchev–Trinajstić information content (AvgIpc) is 3.20. The zero-order valence-electron chi connectivity index (χ0n) is 17.2. The van der Waals surface area contributed by atoms with Crippen molar-refractivity contribution in [3.05, 3.63) is 108 Å². The number of imidazole rings is 1. The monoisotopic (exact) mass is 432 g/mol. The Bertz CT molecular complexity index is 1250. The number of rotatable bonds is 7. The highest BCUT2D eigenvalue weighted by molar-refractivity contribution is 7.90. The molecule has 158 valence electrons. The lowest BCUT2D eigenvalue weighted by Gasteiger charge is -2.25. The third-order valence-corrected chi connectivity index (χ3v) is 6.76. The summed E-state index contributed by atoms with van der Waals surface area (Å²) in [6.45, 7) is 1.73. The molecule has 1 aromatic heterocycles. The predicted molar refractivity (Wildman–Crippen MR) is 121 cm³/mol. The second-order valence-corrected chi connectivity index (χ2v) is 9.67. The number of hydrogen-bond acceptors (Lipinski definition) is 4. The maximum Gasteiger partial charge on any atom is 0.228 e. The van der Waals surface area contributed by atoms with Gasteiger partial charge in [0, 0.05) is 11.8 Å². The maximum absolute atomic E-state index is 13.3. The highest BCUT2D eigenvalue weighted by atomic mass is 32.2. The largest absolute Gasteiger partial charge is 0.384 e. The number of aromatic nitrogens is 2. The molecule has 0 aliphatic rings. The highest BCUT2D eigenvalue weighted by Crippen LogP contribution is 2.28. The number of hydrogen-bond donors (Lipinski definition) is 1. The topological polar surface area (TPSA) is 72.2 Å². The van der Waals surface area contributed by atoms with Crippen molar-refractivity contribution in [3.8, 4) is 11.3 Å². The van der Waals surface area contributed by atoms with Crippen molar-refractivity contribution in [2.75, 3.05) is 0 Å². The van der Waals surface area contributed by atoms with Gasteiger partial charge in [0.1, 0.15) is 5.60 Å². The molecule has 0 aliphatic heterocycles.